The molecule has 0 bridgehead atoms. The van der Waals surface area contributed by atoms with E-state index in [9.17, 15) is 9.90 Å². The third kappa shape index (κ3) is 3.04. The maximum atomic E-state index is 11.1. The molecule has 0 unspecified atom stereocenters. The molecular weight excluding hydrogens is 180 g/mol. The van der Waals surface area contributed by atoms with Crippen molar-refractivity contribution in [1.29, 1.82) is 0 Å². The highest BCUT2D eigenvalue weighted by Crippen LogP contribution is 2.17. The highest BCUT2D eigenvalue weighted by Gasteiger charge is 2.31. The zero-order valence-electron chi connectivity index (χ0n) is 8.45. The molecule has 14 heavy (non-hydrogen) atoms. The molecule has 0 aliphatic carbocycles. The summed E-state index contributed by atoms with van der Waals surface area (Å²) in [5, 5.41) is 9.54. The monoisotopic (exact) mass is 196 g/mol. The first-order chi connectivity index (χ1) is 6.75. The van der Waals surface area contributed by atoms with E-state index >= 15 is 0 Å². The van der Waals surface area contributed by atoms with Crippen LogP contribution >= 0.6 is 0 Å². The van der Waals surface area contributed by atoms with Crippen LogP contribution in [-0.2, 0) is 9.53 Å². The Balaban J connectivity index is 2.35. The molecular formula is C11H16O3. The van der Waals surface area contributed by atoms with E-state index in [1.165, 1.54) is 0 Å². The van der Waals surface area contributed by atoms with E-state index in [2.05, 4.69) is 18.8 Å². The van der Waals surface area contributed by atoms with Gasteiger partial charge in [0.2, 0.25) is 0 Å². The highest BCUT2D eigenvalue weighted by molar-refractivity contribution is 5.75. The van der Waals surface area contributed by atoms with Gasteiger partial charge in [0.05, 0.1) is 12.5 Å². The van der Waals surface area contributed by atoms with Crippen molar-refractivity contribution in [3.63, 3.8) is 0 Å². The predicted octanol–water partition coefficient (Wildman–Crippen LogP) is 1.10. The summed E-state index contributed by atoms with van der Waals surface area (Å²) in [5.41, 5.74) is 0. The number of carbonyl (C=O) groups is 1. The summed E-state index contributed by atoms with van der Waals surface area (Å²) in [4.78, 5) is 11.1. The van der Waals surface area contributed by atoms with Gasteiger partial charge in [0.25, 0.3) is 0 Å². The van der Waals surface area contributed by atoms with Gasteiger partial charge in [-0.05, 0) is 12.8 Å². The van der Waals surface area contributed by atoms with Crippen LogP contribution in [0.15, 0.2) is 0 Å². The second-order valence-electron chi connectivity index (χ2n) is 3.43. The lowest BCUT2D eigenvalue weighted by Crippen LogP contribution is -2.22. The lowest BCUT2D eigenvalue weighted by Gasteiger charge is -2.06. The van der Waals surface area contributed by atoms with E-state index in [4.69, 9.17) is 4.74 Å². The molecule has 0 aromatic heterocycles. The number of hydrogen-bond acceptors (Lipinski definition) is 3. The van der Waals surface area contributed by atoms with Gasteiger partial charge in [0.1, 0.15) is 6.10 Å². The normalized spacial score (nSPS) is 22.4. The Hall–Kier alpha value is -1.01. The maximum Gasteiger partial charge on any atom is 0.312 e. The molecule has 0 radical (unpaired) electrons. The van der Waals surface area contributed by atoms with Crippen molar-refractivity contribution in [2.24, 2.45) is 5.92 Å². The Morgan fingerprint density at radius 1 is 1.71 bits per heavy atom. The average Bonchev–Trinajstić information content (AvgIpc) is 2.59. The van der Waals surface area contributed by atoms with Crippen LogP contribution in [0.2, 0.25) is 0 Å². The van der Waals surface area contributed by atoms with Gasteiger partial charge in [-0.25, -0.2) is 0 Å². The number of ether oxygens (including phenoxy) is 1. The average molecular weight is 196 g/mol. The van der Waals surface area contributed by atoms with Crippen LogP contribution in [-0.4, -0.2) is 23.8 Å². The molecule has 1 N–H and O–H groups in total. The van der Waals surface area contributed by atoms with Gasteiger partial charge in [0.15, 0.2) is 0 Å². The molecule has 1 heterocycles. The summed E-state index contributed by atoms with van der Waals surface area (Å²) in [5.74, 6) is 4.83. The molecule has 1 fully saturated rings. The molecule has 78 valence electrons. The largest absolute Gasteiger partial charge is 0.465 e. The topological polar surface area (TPSA) is 46.5 Å². The van der Waals surface area contributed by atoms with Crippen molar-refractivity contribution in [2.45, 2.75) is 38.7 Å². The lowest BCUT2D eigenvalue weighted by molar-refractivity contribution is -0.143. The first-order valence-corrected chi connectivity index (χ1v) is 5.08. The summed E-state index contributed by atoms with van der Waals surface area (Å²) in [6.07, 6.45) is 2.66. The Labute approximate surface area is 84.5 Å². The van der Waals surface area contributed by atoms with Crippen LogP contribution in [0.4, 0.5) is 0 Å². The van der Waals surface area contributed by atoms with E-state index < -0.39 is 12.0 Å². The van der Waals surface area contributed by atoms with Crippen LogP contribution in [0, 0.1) is 17.8 Å². The second-order valence-corrected chi connectivity index (χ2v) is 3.43. The van der Waals surface area contributed by atoms with Crippen molar-refractivity contribution in [3.8, 4) is 11.8 Å². The minimum absolute atomic E-state index is 0.317. The number of esters is 1. The van der Waals surface area contributed by atoms with Crippen LogP contribution in [0.3, 0.4) is 0 Å². The molecule has 1 saturated heterocycles. The molecule has 3 nitrogen and oxygen atoms in total. The number of hydrogen-bond donors (Lipinski definition) is 1. The molecule has 1 aliphatic rings. The Morgan fingerprint density at radius 2 is 2.50 bits per heavy atom. The number of cyclic esters (lactones) is 1. The number of aliphatic hydroxyl groups excluding tert-OH is 1. The van der Waals surface area contributed by atoms with E-state index in [0.29, 0.717) is 13.0 Å². The van der Waals surface area contributed by atoms with Crippen LogP contribution in [0.25, 0.3) is 0 Å². The fourth-order valence-electron chi connectivity index (χ4n) is 1.34. The maximum absolute atomic E-state index is 11.1. The zero-order chi connectivity index (χ0) is 10.4. The first-order valence-electron chi connectivity index (χ1n) is 5.08. The number of aliphatic hydroxyl groups is 1. The second kappa shape index (κ2) is 5.66. The number of unbranched alkanes of at least 4 members (excludes halogenated alkanes) is 2. The van der Waals surface area contributed by atoms with Crippen LogP contribution in [0.1, 0.15) is 32.6 Å². The fourth-order valence-corrected chi connectivity index (χ4v) is 1.34. The summed E-state index contributed by atoms with van der Waals surface area (Å²) in [7, 11) is 0. The summed E-state index contributed by atoms with van der Waals surface area (Å²) < 4.78 is 4.75. The molecule has 0 saturated carbocycles. The smallest absolute Gasteiger partial charge is 0.312 e. The van der Waals surface area contributed by atoms with Crippen molar-refractivity contribution in [2.75, 3.05) is 6.61 Å². The van der Waals surface area contributed by atoms with Crippen molar-refractivity contribution in [1.82, 2.24) is 0 Å². The third-order valence-corrected chi connectivity index (χ3v) is 2.26. The summed E-state index contributed by atoms with van der Waals surface area (Å²) >= 11 is 0. The molecule has 0 aromatic carbocycles. The predicted molar refractivity (Wildman–Crippen MR) is 52.4 cm³/mol. The van der Waals surface area contributed by atoms with E-state index in [1.54, 1.807) is 0 Å². The zero-order valence-corrected chi connectivity index (χ0v) is 8.45. The van der Waals surface area contributed by atoms with E-state index in [-0.39, 0.29) is 5.97 Å². The Morgan fingerprint density at radius 3 is 3.07 bits per heavy atom. The van der Waals surface area contributed by atoms with Crippen molar-refractivity contribution >= 4 is 5.97 Å². The molecule has 0 spiro atoms. The molecule has 3 heteroatoms. The van der Waals surface area contributed by atoms with Crippen LogP contribution in [0.5, 0.6) is 0 Å². The van der Waals surface area contributed by atoms with Gasteiger partial charge < -0.3 is 9.84 Å². The summed E-state index contributed by atoms with van der Waals surface area (Å²) in [6.45, 7) is 2.50. The lowest BCUT2D eigenvalue weighted by atomic mass is 10.0. The van der Waals surface area contributed by atoms with Crippen molar-refractivity contribution < 1.29 is 14.6 Å². The van der Waals surface area contributed by atoms with E-state index in [0.717, 1.165) is 19.3 Å². The Kier molecular flexibility index (Phi) is 4.48. The minimum Gasteiger partial charge on any atom is -0.465 e. The third-order valence-electron chi connectivity index (χ3n) is 2.26. The van der Waals surface area contributed by atoms with Gasteiger partial charge in [-0.1, -0.05) is 19.3 Å². The number of rotatable bonds is 3. The van der Waals surface area contributed by atoms with Gasteiger partial charge in [-0.3, -0.25) is 4.79 Å². The highest BCUT2D eigenvalue weighted by atomic mass is 16.5. The quantitative estimate of drug-likeness (QED) is 0.418. The van der Waals surface area contributed by atoms with Gasteiger partial charge in [0, 0.05) is 6.42 Å². The van der Waals surface area contributed by atoms with Gasteiger partial charge in [-0.2, -0.15) is 0 Å². The minimum atomic E-state index is -0.846. The fraction of sp³-hybridized carbons (Fsp3) is 0.727. The SMILES string of the molecule is CCCCC#C[C@@H](O)[C@@H]1CCOC1=O. The summed E-state index contributed by atoms with van der Waals surface area (Å²) in [6, 6.07) is 0. The standard InChI is InChI=1S/C11H16O3/c1-2-3-4-5-6-10(12)9-7-8-14-11(9)13/h9-10,12H,2-4,7-8H2,1H3/t9-,10+/m0/s1. The molecule has 1 aliphatic heterocycles. The molecule has 1 rings (SSSR count). The first kappa shape index (κ1) is 11.1. The molecule has 2 atom stereocenters. The van der Waals surface area contributed by atoms with Gasteiger partial charge in [-0.15, -0.1) is 5.92 Å². The van der Waals surface area contributed by atoms with E-state index in [1.807, 2.05) is 0 Å². The number of carbonyl (C=O) groups excluding carboxylic acids is 1. The van der Waals surface area contributed by atoms with Crippen LogP contribution < -0.4 is 0 Å². The molecule has 0 amide bonds. The van der Waals surface area contributed by atoms with Crippen molar-refractivity contribution in [3.05, 3.63) is 0 Å². The molecule has 0 aromatic rings. The van der Waals surface area contributed by atoms with Gasteiger partial charge >= 0.3 is 5.97 Å². The Bertz CT molecular complexity index is 249.